The van der Waals surface area contributed by atoms with Crippen molar-refractivity contribution >= 4 is 11.7 Å². The zero-order valence-corrected chi connectivity index (χ0v) is 11.0. The molecule has 0 aliphatic carbocycles. The Hall–Kier alpha value is -2.78. The van der Waals surface area contributed by atoms with Crippen molar-refractivity contribution in [2.24, 2.45) is 0 Å². The second kappa shape index (κ2) is 7.12. The van der Waals surface area contributed by atoms with E-state index in [9.17, 15) is 9.18 Å². The number of aliphatic hydroxyl groups is 1. The molecule has 0 aromatic carbocycles. The first kappa shape index (κ1) is 14.6. The highest BCUT2D eigenvalue weighted by molar-refractivity contribution is 6.05. The lowest BCUT2D eigenvalue weighted by molar-refractivity contribution is 0.102. The molecule has 6 heteroatoms. The predicted molar refractivity (Wildman–Crippen MR) is 75.0 cm³/mol. The number of nitrogens with zero attached hydrogens (tertiary/aromatic N) is 2. The van der Waals surface area contributed by atoms with Crippen LogP contribution in [0, 0.1) is 17.7 Å². The topological polar surface area (TPSA) is 75.1 Å². The number of amides is 1. The molecule has 0 radical (unpaired) electrons. The van der Waals surface area contributed by atoms with Crippen molar-refractivity contribution in [3.8, 4) is 11.8 Å². The molecule has 1 amide bonds. The zero-order valence-electron chi connectivity index (χ0n) is 11.0. The zero-order chi connectivity index (χ0) is 15.1. The van der Waals surface area contributed by atoms with Gasteiger partial charge in [-0.15, -0.1) is 0 Å². The maximum Gasteiger partial charge on any atom is 0.258 e. The molecule has 2 aromatic heterocycles. The standard InChI is InChI=1S/C15H12FN3O2/c16-12-4-5-14(18-10-12)19-15(21)13-6-7-17-9-11(13)3-1-2-8-20/h4-7,9-10,20H,2,8H2,(H,18,19,21). The SMILES string of the molecule is O=C(Nc1ccc(F)cn1)c1ccncc1C#CCCO. The fraction of sp³-hybridized carbons (Fsp3) is 0.133. The Morgan fingerprint density at radius 1 is 1.33 bits per heavy atom. The Bertz CT molecular complexity index is 690. The van der Waals surface area contributed by atoms with Crippen LogP contribution in [0.2, 0.25) is 0 Å². The molecule has 0 aliphatic rings. The number of halogens is 1. The van der Waals surface area contributed by atoms with Crippen LogP contribution in [0.15, 0.2) is 36.8 Å². The van der Waals surface area contributed by atoms with Crippen LogP contribution in [0.4, 0.5) is 10.2 Å². The second-order valence-electron chi connectivity index (χ2n) is 4.01. The molecule has 0 unspecified atom stereocenters. The average molecular weight is 285 g/mol. The van der Waals surface area contributed by atoms with Gasteiger partial charge < -0.3 is 10.4 Å². The van der Waals surface area contributed by atoms with Crippen LogP contribution in [-0.2, 0) is 0 Å². The first-order valence-corrected chi connectivity index (χ1v) is 6.17. The lowest BCUT2D eigenvalue weighted by atomic mass is 10.1. The molecule has 2 N–H and O–H groups in total. The van der Waals surface area contributed by atoms with Crippen LogP contribution in [0.3, 0.4) is 0 Å². The summed E-state index contributed by atoms with van der Waals surface area (Å²) in [5.41, 5.74) is 0.784. The third-order valence-corrected chi connectivity index (χ3v) is 2.49. The van der Waals surface area contributed by atoms with E-state index >= 15 is 0 Å². The highest BCUT2D eigenvalue weighted by Crippen LogP contribution is 2.10. The number of carbonyl (C=O) groups is 1. The molecule has 0 fully saturated rings. The average Bonchev–Trinajstić information content (AvgIpc) is 2.50. The van der Waals surface area contributed by atoms with Gasteiger partial charge in [0.1, 0.15) is 11.6 Å². The molecular formula is C15H12FN3O2. The van der Waals surface area contributed by atoms with Crippen LogP contribution in [-0.4, -0.2) is 27.6 Å². The Morgan fingerprint density at radius 2 is 2.19 bits per heavy atom. The molecule has 2 aromatic rings. The number of hydrogen-bond donors (Lipinski definition) is 2. The fourth-order valence-electron chi connectivity index (χ4n) is 1.54. The molecule has 2 heterocycles. The molecule has 0 spiro atoms. The van der Waals surface area contributed by atoms with Gasteiger partial charge >= 0.3 is 0 Å². The highest BCUT2D eigenvalue weighted by Gasteiger charge is 2.11. The van der Waals surface area contributed by atoms with Crippen LogP contribution in [0.5, 0.6) is 0 Å². The smallest absolute Gasteiger partial charge is 0.258 e. The number of anilines is 1. The molecule has 5 nitrogen and oxygen atoms in total. The van der Waals surface area contributed by atoms with Crippen molar-refractivity contribution < 1.29 is 14.3 Å². The minimum absolute atomic E-state index is 0.0473. The van der Waals surface area contributed by atoms with Gasteiger partial charge in [-0.3, -0.25) is 9.78 Å². The summed E-state index contributed by atoms with van der Waals surface area (Å²) >= 11 is 0. The van der Waals surface area contributed by atoms with E-state index in [-0.39, 0.29) is 12.4 Å². The maximum atomic E-state index is 12.8. The van der Waals surface area contributed by atoms with Gasteiger partial charge in [-0.1, -0.05) is 11.8 Å². The summed E-state index contributed by atoms with van der Waals surface area (Å²) in [6.45, 7) is -0.0473. The van der Waals surface area contributed by atoms with E-state index in [1.54, 1.807) is 0 Å². The van der Waals surface area contributed by atoms with Crippen molar-refractivity contribution in [3.05, 3.63) is 53.7 Å². The van der Waals surface area contributed by atoms with Gasteiger partial charge in [0.05, 0.1) is 23.9 Å². The Kier molecular flexibility index (Phi) is 4.96. The molecule has 0 aliphatic heterocycles. The number of carbonyl (C=O) groups excluding carboxylic acids is 1. The molecule has 0 saturated heterocycles. The number of rotatable bonds is 3. The number of aromatic nitrogens is 2. The molecule has 0 bridgehead atoms. The van der Waals surface area contributed by atoms with E-state index in [1.807, 2.05) is 0 Å². The lowest BCUT2D eigenvalue weighted by Crippen LogP contribution is -2.14. The van der Waals surface area contributed by atoms with Gasteiger partial charge in [-0.25, -0.2) is 9.37 Å². The lowest BCUT2D eigenvalue weighted by Gasteiger charge is -2.05. The third kappa shape index (κ3) is 4.09. The van der Waals surface area contributed by atoms with Gasteiger partial charge in [-0.2, -0.15) is 0 Å². The molecular weight excluding hydrogens is 273 g/mol. The minimum atomic E-state index is -0.479. The molecule has 21 heavy (non-hydrogen) atoms. The van der Waals surface area contributed by atoms with E-state index in [1.165, 1.54) is 30.6 Å². The Balaban J connectivity index is 2.19. The van der Waals surface area contributed by atoms with Gasteiger partial charge in [0, 0.05) is 18.8 Å². The normalized spacial score (nSPS) is 9.62. The van der Waals surface area contributed by atoms with Crippen LogP contribution < -0.4 is 5.32 Å². The van der Waals surface area contributed by atoms with Gasteiger partial charge in [0.2, 0.25) is 0 Å². The summed E-state index contributed by atoms with van der Waals surface area (Å²) in [5.74, 6) is 4.86. The first-order chi connectivity index (χ1) is 10.2. The Labute approximate surface area is 120 Å². The highest BCUT2D eigenvalue weighted by atomic mass is 19.1. The van der Waals surface area contributed by atoms with E-state index in [0.717, 1.165) is 6.20 Å². The maximum absolute atomic E-state index is 12.8. The van der Waals surface area contributed by atoms with Gasteiger partial charge in [-0.05, 0) is 18.2 Å². The quantitative estimate of drug-likeness (QED) is 0.840. The van der Waals surface area contributed by atoms with Crippen LogP contribution in [0.25, 0.3) is 0 Å². The van der Waals surface area contributed by atoms with E-state index in [4.69, 9.17) is 5.11 Å². The fourth-order valence-corrected chi connectivity index (χ4v) is 1.54. The number of hydrogen-bond acceptors (Lipinski definition) is 4. The number of aliphatic hydroxyl groups excluding tert-OH is 1. The van der Waals surface area contributed by atoms with E-state index < -0.39 is 11.7 Å². The van der Waals surface area contributed by atoms with Gasteiger partial charge in [0.15, 0.2) is 0 Å². The van der Waals surface area contributed by atoms with Gasteiger partial charge in [0.25, 0.3) is 5.91 Å². The molecule has 106 valence electrons. The largest absolute Gasteiger partial charge is 0.395 e. The summed E-state index contributed by atoms with van der Waals surface area (Å²) in [5, 5.41) is 11.3. The Morgan fingerprint density at radius 3 is 2.90 bits per heavy atom. The number of nitrogens with one attached hydrogen (secondary N) is 1. The second-order valence-corrected chi connectivity index (χ2v) is 4.01. The van der Waals surface area contributed by atoms with Crippen molar-refractivity contribution in [2.75, 3.05) is 11.9 Å². The summed E-state index contributed by atoms with van der Waals surface area (Å²) in [4.78, 5) is 19.8. The van der Waals surface area contributed by atoms with E-state index in [0.29, 0.717) is 17.5 Å². The third-order valence-electron chi connectivity index (χ3n) is 2.49. The number of pyridine rings is 2. The monoisotopic (exact) mass is 285 g/mol. The van der Waals surface area contributed by atoms with Crippen LogP contribution >= 0.6 is 0 Å². The molecule has 2 rings (SSSR count). The summed E-state index contributed by atoms with van der Waals surface area (Å²) in [6.07, 6.45) is 4.28. The minimum Gasteiger partial charge on any atom is -0.395 e. The van der Waals surface area contributed by atoms with Crippen molar-refractivity contribution in [2.45, 2.75) is 6.42 Å². The summed E-state index contributed by atoms with van der Waals surface area (Å²) < 4.78 is 12.8. The summed E-state index contributed by atoms with van der Waals surface area (Å²) in [7, 11) is 0. The van der Waals surface area contributed by atoms with Crippen molar-refractivity contribution in [3.63, 3.8) is 0 Å². The van der Waals surface area contributed by atoms with Crippen LogP contribution in [0.1, 0.15) is 22.3 Å². The summed E-state index contributed by atoms with van der Waals surface area (Å²) in [6, 6.07) is 4.10. The molecule has 0 saturated carbocycles. The molecule has 0 atom stereocenters. The van der Waals surface area contributed by atoms with E-state index in [2.05, 4.69) is 27.1 Å². The first-order valence-electron chi connectivity index (χ1n) is 6.17. The van der Waals surface area contributed by atoms with Crippen molar-refractivity contribution in [1.82, 2.24) is 9.97 Å². The van der Waals surface area contributed by atoms with Crippen molar-refractivity contribution in [1.29, 1.82) is 0 Å². The predicted octanol–water partition coefficient (Wildman–Crippen LogP) is 1.60.